The molecule has 3 rings (SSSR count). The number of alkyl halides is 3. The highest BCUT2D eigenvalue weighted by molar-refractivity contribution is 6.42. The maximum absolute atomic E-state index is 13.4. The van der Waals surface area contributed by atoms with Gasteiger partial charge in [-0.15, -0.1) is 0 Å². The average Bonchev–Trinajstić information content (AvgIpc) is 2.97. The second-order valence-electron chi connectivity index (χ2n) is 8.40. The highest BCUT2D eigenvalue weighted by Crippen LogP contribution is 2.37. The van der Waals surface area contributed by atoms with Crippen LogP contribution in [0.5, 0.6) is 0 Å². The van der Waals surface area contributed by atoms with Gasteiger partial charge in [0.2, 0.25) is 5.78 Å². The lowest BCUT2D eigenvalue weighted by Crippen LogP contribution is -2.18. The molecule has 0 aliphatic rings. The first kappa shape index (κ1) is 24.1. The molecule has 2 heterocycles. The number of aromatic nitrogens is 2. The number of benzene rings is 1. The summed E-state index contributed by atoms with van der Waals surface area (Å²) in [7, 11) is 1.47. The molecule has 0 aliphatic carbocycles. The van der Waals surface area contributed by atoms with E-state index in [0.29, 0.717) is 16.5 Å². The van der Waals surface area contributed by atoms with Crippen molar-refractivity contribution < 1.29 is 22.7 Å². The maximum Gasteiger partial charge on any atom is 0.433 e. The van der Waals surface area contributed by atoms with Crippen molar-refractivity contribution in [2.24, 2.45) is 7.05 Å². The Kier molecular flexibility index (Phi) is 6.13. The summed E-state index contributed by atoms with van der Waals surface area (Å²) < 4.78 is 46.7. The van der Waals surface area contributed by atoms with Gasteiger partial charge in [0.25, 0.3) is 0 Å². The summed E-state index contributed by atoms with van der Waals surface area (Å²) in [6.07, 6.45) is -4.61. The summed E-state index contributed by atoms with van der Waals surface area (Å²) in [6.45, 7) is 10.9. The number of ketones is 1. The molecule has 9 heteroatoms. The Hall–Kier alpha value is -2.51. The van der Waals surface area contributed by atoms with Gasteiger partial charge in [0.1, 0.15) is 22.7 Å². The summed E-state index contributed by atoms with van der Waals surface area (Å²) in [6, 6.07) is 5.53. The molecule has 0 N–H and O–H groups in total. The van der Waals surface area contributed by atoms with Gasteiger partial charge >= 0.3 is 6.18 Å². The molecule has 0 atom stereocenters. The molecule has 3 aromatic rings. The van der Waals surface area contributed by atoms with Gasteiger partial charge in [-0.2, -0.15) is 13.2 Å². The number of nitrogens with zero attached hydrogens (tertiary/aromatic N) is 2. The molecule has 0 amide bonds. The lowest BCUT2D eigenvalue weighted by Gasteiger charge is -2.24. The van der Waals surface area contributed by atoms with Crippen LogP contribution in [0.1, 0.15) is 53.6 Å². The maximum atomic E-state index is 13.4. The van der Waals surface area contributed by atoms with Crippen LogP contribution >= 0.6 is 23.2 Å². The third kappa shape index (κ3) is 4.50. The molecule has 0 saturated carbocycles. The molecule has 0 spiro atoms. The van der Waals surface area contributed by atoms with Crippen LogP contribution in [0.3, 0.4) is 0 Å². The normalized spacial score (nSPS) is 12.3. The Balaban J connectivity index is 2.16. The standard InChI is InChI=1S/C23H21Cl2F3N2O2/c1-11-9-17(23(26,27)28)29-21-14(11)10-16(30(21)6)20(31)18-15(24)8-7-13(19(18)25)12(2)32-22(3,4)5/h7-10H,2H2,1,3-6H3. The Morgan fingerprint density at radius 3 is 2.34 bits per heavy atom. The summed E-state index contributed by atoms with van der Waals surface area (Å²) in [5.74, 6) is -0.295. The predicted molar refractivity (Wildman–Crippen MR) is 120 cm³/mol. The quantitative estimate of drug-likeness (QED) is 0.290. The van der Waals surface area contributed by atoms with Crippen molar-refractivity contribution in [3.8, 4) is 0 Å². The Morgan fingerprint density at radius 1 is 1.16 bits per heavy atom. The van der Waals surface area contributed by atoms with Crippen LogP contribution in [0.25, 0.3) is 16.8 Å². The molecule has 0 fully saturated rings. The fourth-order valence-corrected chi connectivity index (χ4v) is 3.99. The molecule has 0 unspecified atom stereocenters. The van der Waals surface area contributed by atoms with E-state index in [-0.39, 0.29) is 32.7 Å². The van der Waals surface area contributed by atoms with E-state index in [1.807, 2.05) is 20.8 Å². The van der Waals surface area contributed by atoms with Gasteiger partial charge in [0.05, 0.1) is 21.3 Å². The second kappa shape index (κ2) is 8.12. The number of hydrogen-bond acceptors (Lipinski definition) is 3. The van der Waals surface area contributed by atoms with Gasteiger partial charge in [-0.05, 0) is 57.5 Å². The van der Waals surface area contributed by atoms with Gasteiger partial charge in [-0.3, -0.25) is 4.79 Å². The first-order valence-corrected chi connectivity index (χ1v) is 10.3. The van der Waals surface area contributed by atoms with E-state index in [4.69, 9.17) is 27.9 Å². The lowest BCUT2D eigenvalue weighted by atomic mass is 10.0. The zero-order valence-electron chi connectivity index (χ0n) is 18.1. The van der Waals surface area contributed by atoms with E-state index in [1.165, 1.54) is 30.7 Å². The lowest BCUT2D eigenvalue weighted by molar-refractivity contribution is -0.141. The zero-order valence-corrected chi connectivity index (χ0v) is 19.6. The minimum atomic E-state index is -4.61. The molecule has 2 aromatic heterocycles. The fourth-order valence-electron chi connectivity index (χ4n) is 3.34. The van der Waals surface area contributed by atoms with Crippen LogP contribution in [0, 0.1) is 6.92 Å². The molecular formula is C23H21Cl2F3N2O2. The van der Waals surface area contributed by atoms with E-state index in [9.17, 15) is 18.0 Å². The minimum Gasteiger partial charge on any atom is -0.488 e. The number of halogens is 5. The molecule has 0 radical (unpaired) electrons. The van der Waals surface area contributed by atoms with Crippen LogP contribution in [0.15, 0.2) is 30.8 Å². The smallest absolute Gasteiger partial charge is 0.433 e. The summed E-state index contributed by atoms with van der Waals surface area (Å²) in [4.78, 5) is 17.1. The fraction of sp³-hybridized carbons (Fsp3) is 0.304. The van der Waals surface area contributed by atoms with Gasteiger partial charge in [0.15, 0.2) is 0 Å². The van der Waals surface area contributed by atoms with Crippen molar-refractivity contribution in [3.63, 3.8) is 0 Å². The summed E-state index contributed by atoms with van der Waals surface area (Å²) in [5, 5.41) is 0.564. The van der Waals surface area contributed by atoms with Crippen LogP contribution in [0.4, 0.5) is 13.2 Å². The number of hydrogen-bond donors (Lipinski definition) is 0. The van der Waals surface area contributed by atoms with Crippen LogP contribution in [-0.4, -0.2) is 20.9 Å². The van der Waals surface area contributed by atoms with E-state index in [1.54, 1.807) is 6.07 Å². The number of fused-ring (bicyclic) bond motifs is 1. The van der Waals surface area contributed by atoms with E-state index < -0.39 is 23.3 Å². The first-order valence-electron chi connectivity index (χ1n) is 9.57. The largest absolute Gasteiger partial charge is 0.488 e. The molecule has 32 heavy (non-hydrogen) atoms. The second-order valence-corrected chi connectivity index (χ2v) is 9.18. The Morgan fingerprint density at radius 2 is 1.78 bits per heavy atom. The molecule has 0 bridgehead atoms. The van der Waals surface area contributed by atoms with E-state index in [2.05, 4.69) is 11.6 Å². The molecule has 1 aromatic carbocycles. The molecular weight excluding hydrogens is 464 g/mol. The summed E-state index contributed by atoms with van der Waals surface area (Å²) in [5.41, 5.74) is -0.709. The minimum absolute atomic E-state index is 0.00379. The Labute approximate surface area is 193 Å². The van der Waals surface area contributed by atoms with Gasteiger partial charge in [0, 0.05) is 18.0 Å². The number of carbonyl (C=O) groups is 1. The topological polar surface area (TPSA) is 44.1 Å². The third-order valence-corrected chi connectivity index (χ3v) is 5.48. The number of carbonyl (C=O) groups excluding carboxylic acids is 1. The van der Waals surface area contributed by atoms with E-state index >= 15 is 0 Å². The van der Waals surface area contributed by atoms with Gasteiger partial charge in [-0.1, -0.05) is 29.8 Å². The van der Waals surface area contributed by atoms with Crippen molar-refractivity contribution in [3.05, 3.63) is 69.0 Å². The van der Waals surface area contributed by atoms with Crippen molar-refractivity contribution in [2.45, 2.75) is 39.5 Å². The monoisotopic (exact) mass is 484 g/mol. The average molecular weight is 485 g/mol. The van der Waals surface area contributed by atoms with Gasteiger partial charge < -0.3 is 9.30 Å². The SMILES string of the molecule is C=C(OC(C)(C)C)c1ccc(Cl)c(C(=O)c2cc3c(C)cc(C(F)(F)F)nc3n2C)c1Cl. The van der Waals surface area contributed by atoms with Crippen molar-refractivity contribution in [1.82, 2.24) is 9.55 Å². The molecule has 170 valence electrons. The molecule has 0 saturated heterocycles. The number of aryl methyl sites for hydroxylation is 2. The number of rotatable bonds is 4. The third-order valence-electron chi connectivity index (χ3n) is 4.78. The van der Waals surface area contributed by atoms with Crippen LogP contribution in [-0.2, 0) is 18.0 Å². The van der Waals surface area contributed by atoms with E-state index in [0.717, 1.165) is 6.07 Å². The predicted octanol–water partition coefficient (Wildman–Crippen LogP) is 7.22. The van der Waals surface area contributed by atoms with Crippen molar-refractivity contribution >= 4 is 45.8 Å². The van der Waals surface area contributed by atoms with Crippen LogP contribution in [0.2, 0.25) is 10.0 Å². The Bertz CT molecular complexity index is 1260. The highest BCUT2D eigenvalue weighted by atomic mass is 35.5. The molecule has 0 aliphatic heterocycles. The highest BCUT2D eigenvalue weighted by Gasteiger charge is 2.34. The first-order chi connectivity index (χ1) is 14.6. The summed E-state index contributed by atoms with van der Waals surface area (Å²) >= 11 is 12.8. The van der Waals surface area contributed by atoms with Crippen molar-refractivity contribution in [1.29, 1.82) is 0 Å². The number of pyridine rings is 1. The number of ether oxygens (including phenoxy) is 1. The molecule has 4 nitrogen and oxygen atoms in total. The zero-order chi connectivity index (χ0) is 24.2. The van der Waals surface area contributed by atoms with Crippen LogP contribution < -0.4 is 0 Å². The van der Waals surface area contributed by atoms with Gasteiger partial charge in [-0.25, -0.2) is 4.98 Å². The van der Waals surface area contributed by atoms with Crippen molar-refractivity contribution in [2.75, 3.05) is 0 Å².